The smallest absolute Gasteiger partial charge is 0.294 e. The summed E-state index contributed by atoms with van der Waals surface area (Å²) in [7, 11) is -4.02. The second kappa shape index (κ2) is 8.74. The van der Waals surface area contributed by atoms with E-state index in [1.165, 1.54) is 50.9 Å². The maximum Gasteiger partial charge on any atom is 0.294 e. The lowest BCUT2D eigenvalue weighted by Crippen LogP contribution is -2.33. The molecule has 2 N–H and O–H groups in total. The summed E-state index contributed by atoms with van der Waals surface area (Å²) in [5, 5.41) is 3.40. The summed E-state index contributed by atoms with van der Waals surface area (Å²) < 4.78 is 29.6. The van der Waals surface area contributed by atoms with Crippen LogP contribution in [0.5, 0.6) is 0 Å². The molecule has 1 aliphatic carbocycles. The van der Waals surface area contributed by atoms with Crippen LogP contribution in [0, 0.1) is 18.8 Å². The van der Waals surface area contributed by atoms with E-state index in [0.29, 0.717) is 5.78 Å². The summed E-state index contributed by atoms with van der Waals surface area (Å²) >= 11 is 0. The van der Waals surface area contributed by atoms with E-state index >= 15 is 0 Å². The molecule has 0 unspecified atom stereocenters. The molecule has 1 aliphatic heterocycles. The molecule has 5 nitrogen and oxygen atoms in total. The molecule has 1 aromatic carbocycles. The predicted molar refractivity (Wildman–Crippen MR) is 93.6 cm³/mol. The second-order valence-electron chi connectivity index (χ2n) is 6.75. The van der Waals surface area contributed by atoms with Gasteiger partial charge in [0.25, 0.3) is 10.1 Å². The Bertz CT molecular complexity index is 623. The maximum atomic E-state index is 11.1. The standard InChI is InChI=1S/C11H19NO.C7H8O3S/c13-11-3-1-9(2-4-11)10-5-7-12-8-6-10;1-6-2-4-7(5-3-6)11(8,9)10/h9-10,12H,1-8H2;2-5H,1H3,(H,8,9,10). The SMILES string of the molecule is Cc1ccc(S(=O)(=O)O)cc1.O=C1CCC(C2CCNCC2)CC1. The van der Waals surface area contributed by atoms with Crippen LogP contribution in [0.25, 0.3) is 0 Å². The fourth-order valence-electron chi connectivity index (χ4n) is 3.46. The summed E-state index contributed by atoms with van der Waals surface area (Å²) in [4.78, 5) is 11.0. The normalized spacial score (nSPS) is 20.3. The summed E-state index contributed by atoms with van der Waals surface area (Å²) in [6.45, 7) is 4.22. The van der Waals surface area contributed by atoms with E-state index in [9.17, 15) is 13.2 Å². The number of piperidine rings is 1. The van der Waals surface area contributed by atoms with Crippen LogP contribution in [-0.2, 0) is 14.9 Å². The minimum absolute atomic E-state index is 0.0666. The largest absolute Gasteiger partial charge is 0.317 e. The number of Topliss-reactive ketones (excluding diaryl/α,β-unsaturated/α-hetero) is 1. The van der Waals surface area contributed by atoms with Crippen molar-refractivity contribution < 1.29 is 17.8 Å². The Hall–Kier alpha value is -1.24. The number of hydrogen-bond acceptors (Lipinski definition) is 4. The number of nitrogens with one attached hydrogen (secondary N) is 1. The van der Waals surface area contributed by atoms with Crippen LogP contribution in [0.4, 0.5) is 0 Å². The molecule has 134 valence electrons. The molecule has 6 heteroatoms. The molecule has 0 atom stereocenters. The zero-order chi connectivity index (χ0) is 17.6. The first-order valence-corrected chi connectivity index (χ1v) is 10.1. The average molecular weight is 353 g/mol. The second-order valence-corrected chi connectivity index (χ2v) is 8.17. The van der Waals surface area contributed by atoms with E-state index in [1.54, 1.807) is 12.1 Å². The number of rotatable bonds is 2. The Morgan fingerprint density at radius 2 is 1.46 bits per heavy atom. The van der Waals surface area contributed by atoms with Gasteiger partial charge in [-0.05, 0) is 69.7 Å². The topological polar surface area (TPSA) is 83.5 Å². The van der Waals surface area contributed by atoms with E-state index in [2.05, 4.69) is 5.32 Å². The molecule has 2 fully saturated rings. The van der Waals surface area contributed by atoms with Crippen LogP contribution >= 0.6 is 0 Å². The van der Waals surface area contributed by atoms with E-state index in [-0.39, 0.29) is 4.90 Å². The van der Waals surface area contributed by atoms with Gasteiger partial charge in [-0.2, -0.15) is 8.42 Å². The molecule has 0 amide bonds. The van der Waals surface area contributed by atoms with Gasteiger partial charge in [-0.3, -0.25) is 9.35 Å². The van der Waals surface area contributed by atoms with Crippen molar-refractivity contribution in [2.24, 2.45) is 11.8 Å². The van der Waals surface area contributed by atoms with E-state index in [0.717, 1.165) is 30.2 Å². The van der Waals surface area contributed by atoms with Crippen LogP contribution in [0.1, 0.15) is 44.1 Å². The Balaban J connectivity index is 0.000000177. The first kappa shape index (κ1) is 19.1. The average Bonchev–Trinajstić information content (AvgIpc) is 2.56. The summed E-state index contributed by atoms with van der Waals surface area (Å²) in [5.74, 6) is 2.26. The number of ketones is 1. The lowest BCUT2D eigenvalue weighted by molar-refractivity contribution is -0.121. The molecule has 1 aromatic rings. The first-order valence-electron chi connectivity index (χ1n) is 8.63. The number of benzene rings is 1. The van der Waals surface area contributed by atoms with Gasteiger partial charge in [0.2, 0.25) is 0 Å². The number of carbonyl (C=O) groups is 1. The Morgan fingerprint density at radius 3 is 1.96 bits per heavy atom. The third-order valence-corrected chi connectivity index (χ3v) is 5.83. The molecule has 1 heterocycles. The number of aryl methyl sites for hydroxylation is 1. The molecule has 0 spiro atoms. The fraction of sp³-hybridized carbons (Fsp3) is 0.611. The van der Waals surface area contributed by atoms with Crippen LogP contribution in [-0.4, -0.2) is 31.8 Å². The van der Waals surface area contributed by atoms with Crippen molar-refractivity contribution in [3.05, 3.63) is 29.8 Å². The van der Waals surface area contributed by atoms with Crippen molar-refractivity contribution in [2.75, 3.05) is 13.1 Å². The lowest BCUT2D eigenvalue weighted by Gasteiger charge is -2.32. The van der Waals surface area contributed by atoms with Crippen LogP contribution in [0.3, 0.4) is 0 Å². The van der Waals surface area contributed by atoms with Crippen molar-refractivity contribution in [3.63, 3.8) is 0 Å². The van der Waals surface area contributed by atoms with Gasteiger partial charge >= 0.3 is 0 Å². The van der Waals surface area contributed by atoms with Crippen LogP contribution in [0.2, 0.25) is 0 Å². The predicted octanol–water partition coefficient (Wildman–Crippen LogP) is 2.99. The third-order valence-electron chi connectivity index (χ3n) is 4.96. The van der Waals surface area contributed by atoms with Crippen LogP contribution < -0.4 is 5.32 Å². The van der Waals surface area contributed by atoms with Gasteiger partial charge in [0.1, 0.15) is 5.78 Å². The number of hydrogen-bond donors (Lipinski definition) is 2. The van der Waals surface area contributed by atoms with E-state index < -0.39 is 10.1 Å². The summed E-state index contributed by atoms with van der Waals surface area (Å²) in [5.41, 5.74) is 0.956. The van der Waals surface area contributed by atoms with Gasteiger partial charge in [-0.25, -0.2) is 0 Å². The van der Waals surface area contributed by atoms with Gasteiger partial charge in [0.15, 0.2) is 0 Å². The molecular weight excluding hydrogens is 326 g/mol. The van der Waals surface area contributed by atoms with Gasteiger partial charge in [-0.1, -0.05) is 17.7 Å². The van der Waals surface area contributed by atoms with Crippen LogP contribution in [0.15, 0.2) is 29.2 Å². The molecule has 0 aromatic heterocycles. The Morgan fingerprint density at radius 1 is 0.958 bits per heavy atom. The van der Waals surface area contributed by atoms with E-state index in [4.69, 9.17) is 4.55 Å². The zero-order valence-corrected chi connectivity index (χ0v) is 15.0. The molecule has 24 heavy (non-hydrogen) atoms. The highest BCUT2D eigenvalue weighted by Gasteiger charge is 2.27. The van der Waals surface area contributed by atoms with Crippen molar-refractivity contribution in [1.82, 2.24) is 5.32 Å². The molecule has 1 saturated carbocycles. The molecule has 2 aliphatic rings. The van der Waals surface area contributed by atoms with Gasteiger partial charge in [0.05, 0.1) is 4.90 Å². The minimum Gasteiger partial charge on any atom is -0.317 e. The Labute approximate surface area is 144 Å². The van der Waals surface area contributed by atoms with Crippen molar-refractivity contribution in [2.45, 2.75) is 50.3 Å². The quantitative estimate of drug-likeness (QED) is 0.799. The molecule has 0 radical (unpaired) electrons. The molecule has 0 bridgehead atoms. The summed E-state index contributed by atoms with van der Waals surface area (Å²) in [6, 6.07) is 5.99. The van der Waals surface area contributed by atoms with Gasteiger partial charge in [0, 0.05) is 12.8 Å². The zero-order valence-electron chi connectivity index (χ0n) is 14.2. The Kier molecular flexibility index (Phi) is 6.95. The van der Waals surface area contributed by atoms with E-state index in [1.807, 2.05) is 6.92 Å². The number of carbonyl (C=O) groups excluding carboxylic acids is 1. The van der Waals surface area contributed by atoms with Crippen molar-refractivity contribution in [1.29, 1.82) is 0 Å². The first-order chi connectivity index (χ1) is 11.4. The fourth-order valence-corrected chi connectivity index (χ4v) is 3.94. The highest BCUT2D eigenvalue weighted by atomic mass is 32.2. The maximum absolute atomic E-state index is 11.1. The molecule has 1 saturated heterocycles. The molecule has 3 rings (SSSR count). The van der Waals surface area contributed by atoms with Crippen molar-refractivity contribution in [3.8, 4) is 0 Å². The van der Waals surface area contributed by atoms with Crippen molar-refractivity contribution >= 4 is 15.9 Å². The lowest BCUT2D eigenvalue weighted by atomic mass is 9.76. The molecular formula is C18H27NO4S. The van der Waals surface area contributed by atoms with Gasteiger partial charge in [-0.15, -0.1) is 0 Å². The minimum atomic E-state index is -4.02. The monoisotopic (exact) mass is 353 g/mol. The highest BCUT2D eigenvalue weighted by molar-refractivity contribution is 7.85. The third kappa shape index (κ3) is 6.00. The van der Waals surface area contributed by atoms with Gasteiger partial charge < -0.3 is 5.32 Å². The summed E-state index contributed by atoms with van der Waals surface area (Å²) in [6.07, 6.45) is 6.72. The highest BCUT2D eigenvalue weighted by Crippen LogP contribution is 2.32.